The Morgan fingerprint density at radius 1 is 0.947 bits per heavy atom. The first-order valence-corrected chi connectivity index (χ1v) is 12.6. The van der Waals surface area contributed by atoms with Crippen molar-refractivity contribution in [1.29, 1.82) is 0 Å². The molecule has 0 spiro atoms. The Hall–Kier alpha value is -3.55. The van der Waals surface area contributed by atoms with E-state index < -0.39 is 23.7 Å². The van der Waals surface area contributed by atoms with Gasteiger partial charge in [0.15, 0.2) is 0 Å². The predicted molar refractivity (Wildman–Crippen MR) is 138 cm³/mol. The Balaban J connectivity index is 1.65. The summed E-state index contributed by atoms with van der Waals surface area (Å²) in [7, 11) is 0. The Labute approximate surface area is 220 Å². The molecule has 8 heteroatoms. The van der Waals surface area contributed by atoms with E-state index >= 15 is 0 Å². The molecule has 38 heavy (non-hydrogen) atoms. The molecule has 0 aliphatic rings. The molecule has 0 bridgehead atoms. The van der Waals surface area contributed by atoms with Gasteiger partial charge in [-0.1, -0.05) is 31.2 Å². The smallest absolute Gasteiger partial charge is 0.416 e. The molecule has 0 saturated heterocycles. The van der Waals surface area contributed by atoms with Gasteiger partial charge in [0, 0.05) is 24.0 Å². The second-order valence-corrected chi connectivity index (χ2v) is 8.84. The molecule has 4 nitrogen and oxygen atoms in total. The van der Waals surface area contributed by atoms with E-state index in [1.165, 1.54) is 24.3 Å². The maximum Gasteiger partial charge on any atom is 0.416 e. The average Bonchev–Trinajstić information content (AvgIpc) is 2.88. The second-order valence-electron chi connectivity index (χ2n) is 8.84. The van der Waals surface area contributed by atoms with Crippen molar-refractivity contribution in [3.63, 3.8) is 0 Å². The highest BCUT2D eigenvalue weighted by Crippen LogP contribution is 2.38. The van der Waals surface area contributed by atoms with Crippen molar-refractivity contribution in [3.8, 4) is 22.6 Å². The number of benzene rings is 3. The van der Waals surface area contributed by atoms with Crippen LogP contribution in [0.2, 0.25) is 0 Å². The van der Waals surface area contributed by atoms with Gasteiger partial charge in [-0.15, -0.1) is 0 Å². The molecule has 0 heterocycles. The maximum atomic E-state index is 14.4. The van der Waals surface area contributed by atoms with Crippen LogP contribution in [0.5, 0.6) is 11.5 Å². The normalized spacial score (nSPS) is 12.2. The fraction of sp³-hybridized carbons (Fsp3) is 0.367. The zero-order valence-corrected chi connectivity index (χ0v) is 21.7. The highest BCUT2D eigenvalue weighted by atomic mass is 19.4. The number of hydrogen-bond donors (Lipinski definition) is 0. The Morgan fingerprint density at radius 3 is 2.39 bits per heavy atom. The van der Waals surface area contributed by atoms with Crippen molar-refractivity contribution in [2.45, 2.75) is 58.7 Å². The van der Waals surface area contributed by atoms with Crippen LogP contribution in [-0.4, -0.2) is 25.3 Å². The zero-order valence-electron chi connectivity index (χ0n) is 21.7. The minimum atomic E-state index is -4.57. The molecule has 3 aromatic carbocycles. The topological polar surface area (TPSA) is 44.8 Å². The van der Waals surface area contributed by atoms with E-state index in [2.05, 4.69) is 0 Å². The summed E-state index contributed by atoms with van der Waals surface area (Å²) in [6, 6.07) is 14.5. The first kappa shape index (κ1) is 29.0. The largest absolute Gasteiger partial charge is 0.493 e. The van der Waals surface area contributed by atoms with Crippen molar-refractivity contribution >= 4 is 5.97 Å². The third-order valence-electron chi connectivity index (χ3n) is 6.05. The summed E-state index contributed by atoms with van der Waals surface area (Å²) in [5, 5.41) is 0. The van der Waals surface area contributed by atoms with Crippen LogP contribution >= 0.6 is 0 Å². The van der Waals surface area contributed by atoms with Gasteiger partial charge in [-0.2, -0.15) is 13.2 Å². The van der Waals surface area contributed by atoms with Gasteiger partial charge >= 0.3 is 12.1 Å². The lowest BCUT2D eigenvalue weighted by atomic mass is 10.0. The van der Waals surface area contributed by atoms with Gasteiger partial charge in [0.2, 0.25) is 0 Å². The van der Waals surface area contributed by atoms with Gasteiger partial charge in [0.25, 0.3) is 0 Å². The number of halogens is 4. The molecule has 0 unspecified atom stereocenters. The summed E-state index contributed by atoms with van der Waals surface area (Å²) in [6.45, 7) is 6.25. The molecule has 0 radical (unpaired) electrons. The highest BCUT2D eigenvalue weighted by molar-refractivity contribution is 5.72. The van der Waals surface area contributed by atoms with E-state index in [9.17, 15) is 22.4 Å². The van der Waals surface area contributed by atoms with Crippen LogP contribution < -0.4 is 9.47 Å². The number of esters is 1. The van der Waals surface area contributed by atoms with E-state index in [0.717, 1.165) is 29.7 Å². The van der Waals surface area contributed by atoms with Gasteiger partial charge in [-0.3, -0.25) is 4.79 Å². The fourth-order valence-corrected chi connectivity index (χ4v) is 4.05. The summed E-state index contributed by atoms with van der Waals surface area (Å²) < 4.78 is 71.2. The Kier molecular flexibility index (Phi) is 10.2. The number of carbonyl (C=O) groups is 1. The average molecular weight is 533 g/mol. The van der Waals surface area contributed by atoms with Crippen molar-refractivity contribution in [1.82, 2.24) is 0 Å². The van der Waals surface area contributed by atoms with E-state index in [-0.39, 0.29) is 22.8 Å². The summed E-state index contributed by atoms with van der Waals surface area (Å²) in [4.78, 5) is 11.7. The number of ether oxygens (including phenoxy) is 3. The zero-order chi connectivity index (χ0) is 27.7. The Morgan fingerprint density at radius 2 is 1.71 bits per heavy atom. The third-order valence-corrected chi connectivity index (χ3v) is 6.05. The molecular weight excluding hydrogens is 500 g/mol. The molecular formula is C30H32F4O4. The number of aryl methyl sites for hydroxylation is 2. The van der Waals surface area contributed by atoms with Crippen LogP contribution in [0.15, 0.2) is 60.7 Å². The lowest BCUT2D eigenvalue weighted by molar-refractivity contribution is -0.143. The summed E-state index contributed by atoms with van der Waals surface area (Å²) in [5.41, 5.74) is 1.34. The quantitative estimate of drug-likeness (QED) is 0.176. The predicted octanol–water partition coefficient (Wildman–Crippen LogP) is 7.81. The van der Waals surface area contributed by atoms with Crippen molar-refractivity contribution in [3.05, 3.63) is 83.2 Å². The van der Waals surface area contributed by atoms with Crippen molar-refractivity contribution < 1.29 is 36.6 Å². The second kappa shape index (κ2) is 13.3. The van der Waals surface area contributed by atoms with Gasteiger partial charge in [0.1, 0.15) is 17.3 Å². The molecule has 0 aliphatic heterocycles. The minimum Gasteiger partial charge on any atom is -0.493 e. The number of rotatable bonds is 12. The van der Waals surface area contributed by atoms with Crippen LogP contribution in [0.4, 0.5) is 17.6 Å². The van der Waals surface area contributed by atoms with Crippen molar-refractivity contribution in [2.24, 2.45) is 0 Å². The third kappa shape index (κ3) is 7.97. The minimum absolute atomic E-state index is 0.0344. The number of hydrogen-bond acceptors (Lipinski definition) is 4. The first-order chi connectivity index (χ1) is 18.1. The van der Waals surface area contributed by atoms with Gasteiger partial charge < -0.3 is 14.2 Å². The highest BCUT2D eigenvalue weighted by Gasteiger charge is 2.31. The fourth-order valence-electron chi connectivity index (χ4n) is 4.05. The molecule has 3 rings (SSSR count). The molecule has 0 N–H and O–H groups in total. The van der Waals surface area contributed by atoms with Crippen molar-refractivity contribution in [2.75, 3.05) is 13.2 Å². The molecule has 0 amide bonds. The number of alkyl halides is 3. The van der Waals surface area contributed by atoms with Crippen LogP contribution in [0.3, 0.4) is 0 Å². The summed E-state index contributed by atoms with van der Waals surface area (Å²) >= 11 is 0. The van der Waals surface area contributed by atoms with E-state index in [1.807, 2.05) is 25.1 Å². The maximum absolute atomic E-state index is 14.4. The SMILES string of the molecule is CCOC(=O)CCc1ccc(OCC[C@@H](C)Oc2ccc(C(F)(F)F)cc2-c2ccccc2F)cc1CC. The lowest BCUT2D eigenvalue weighted by Gasteiger charge is -2.20. The van der Waals surface area contributed by atoms with Crippen LogP contribution in [0.25, 0.3) is 11.1 Å². The van der Waals surface area contributed by atoms with Crippen LogP contribution in [0.1, 0.15) is 50.3 Å². The monoisotopic (exact) mass is 532 g/mol. The Bertz CT molecular complexity index is 1220. The van der Waals surface area contributed by atoms with E-state index in [4.69, 9.17) is 14.2 Å². The first-order valence-electron chi connectivity index (χ1n) is 12.6. The van der Waals surface area contributed by atoms with Gasteiger partial charge in [0.05, 0.1) is 24.9 Å². The van der Waals surface area contributed by atoms with E-state index in [1.54, 1.807) is 19.9 Å². The van der Waals surface area contributed by atoms with Gasteiger partial charge in [-0.05, 0) is 74.2 Å². The summed E-state index contributed by atoms with van der Waals surface area (Å²) in [5.74, 6) is -0.0227. The molecule has 0 saturated carbocycles. The van der Waals surface area contributed by atoms with Crippen LogP contribution in [0, 0.1) is 5.82 Å². The van der Waals surface area contributed by atoms with E-state index in [0.29, 0.717) is 38.2 Å². The molecule has 0 aromatic heterocycles. The number of carbonyl (C=O) groups excluding carboxylic acids is 1. The lowest BCUT2D eigenvalue weighted by Crippen LogP contribution is -2.17. The van der Waals surface area contributed by atoms with Crippen LogP contribution in [-0.2, 0) is 28.5 Å². The standard InChI is InChI=1S/C30H32F4O4/c1-4-21-18-24(13-10-22(21)11-15-29(35)36-5-2)37-17-16-20(3)38-28-14-12-23(30(32,33)34)19-26(28)25-8-6-7-9-27(25)31/h6-10,12-14,18-20H,4-5,11,15-17H2,1-3H3/t20-/m1/s1. The molecule has 0 fully saturated rings. The molecule has 204 valence electrons. The molecule has 1 atom stereocenters. The summed E-state index contributed by atoms with van der Waals surface area (Å²) in [6.07, 6.45) is -2.85. The molecule has 0 aliphatic carbocycles. The van der Waals surface area contributed by atoms with Gasteiger partial charge in [-0.25, -0.2) is 4.39 Å². The molecule has 3 aromatic rings.